The Hall–Kier alpha value is -1.46. The first-order valence-corrected chi connectivity index (χ1v) is 6.80. The minimum absolute atomic E-state index is 0.163. The van der Waals surface area contributed by atoms with Crippen molar-refractivity contribution in [1.29, 1.82) is 0 Å². The lowest BCUT2D eigenvalue weighted by molar-refractivity contribution is -0.131. The average molecular weight is 247 g/mol. The number of aromatic nitrogens is 4. The second kappa shape index (κ2) is 3.76. The molecule has 1 saturated heterocycles. The van der Waals surface area contributed by atoms with E-state index in [1.54, 1.807) is 0 Å². The molecule has 96 valence electrons. The van der Waals surface area contributed by atoms with Crippen molar-refractivity contribution in [1.82, 2.24) is 25.1 Å². The lowest BCUT2D eigenvalue weighted by atomic mass is 9.82. The van der Waals surface area contributed by atoms with Gasteiger partial charge < -0.3 is 4.90 Å². The van der Waals surface area contributed by atoms with Gasteiger partial charge in [-0.1, -0.05) is 0 Å². The molecule has 2 bridgehead atoms. The SMILES string of the molecule is O=C(Cn1cnnn1)N1CC2C3CCC(C3)C2C1. The fourth-order valence-electron chi connectivity index (χ4n) is 4.38. The summed E-state index contributed by atoms with van der Waals surface area (Å²) in [7, 11) is 0. The van der Waals surface area contributed by atoms with Crippen molar-refractivity contribution in [3.05, 3.63) is 6.33 Å². The van der Waals surface area contributed by atoms with E-state index in [1.807, 2.05) is 4.90 Å². The highest BCUT2D eigenvalue weighted by atomic mass is 16.2. The number of amides is 1. The molecular weight excluding hydrogens is 230 g/mol. The van der Waals surface area contributed by atoms with Crippen molar-refractivity contribution in [3.8, 4) is 0 Å². The zero-order valence-electron chi connectivity index (χ0n) is 10.3. The Labute approximate surface area is 105 Å². The fraction of sp³-hybridized carbons (Fsp3) is 0.833. The molecular formula is C12H17N5O. The number of likely N-dealkylation sites (tertiary alicyclic amines) is 1. The molecule has 4 atom stereocenters. The van der Waals surface area contributed by atoms with E-state index in [0.29, 0.717) is 0 Å². The summed E-state index contributed by atoms with van der Waals surface area (Å²) in [5.74, 6) is 3.51. The lowest BCUT2D eigenvalue weighted by Gasteiger charge is -2.22. The molecule has 3 fully saturated rings. The molecule has 2 saturated carbocycles. The van der Waals surface area contributed by atoms with Crippen molar-refractivity contribution in [2.45, 2.75) is 25.8 Å². The summed E-state index contributed by atoms with van der Waals surface area (Å²) in [6.07, 6.45) is 5.70. The lowest BCUT2D eigenvalue weighted by Crippen LogP contribution is -2.33. The summed E-state index contributed by atoms with van der Waals surface area (Å²) in [5.41, 5.74) is 0. The van der Waals surface area contributed by atoms with E-state index in [1.165, 1.54) is 30.3 Å². The van der Waals surface area contributed by atoms with Gasteiger partial charge in [-0.3, -0.25) is 4.79 Å². The van der Waals surface area contributed by atoms with Gasteiger partial charge in [0.15, 0.2) is 0 Å². The molecule has 4 unspecified atom stereocenters. The zero-order chi connectivity index (χ0) is 12.1. The van der Waals surface area contributed by atoms with Crippen LogP contribution in [0.4, 0.5) is 0 Å². The van der Waals surface area contributed by atoms with Gasteiger partial charge in [0, 0.05) is 13.1 Å². The number of hydrogen-bond acceptors (Lipinski definition) is 4. The smallest absolute Gasteiger partial charge is 0.244 e. The summed E-state index contributed by atoms with van der Waals surface area (Å²) in [5, 5.41) is 10.9. The first-order chi connectivity index (χ1) is 8.81. The molecule has 1 aromatic rings. The Kier molecular flexibility index (Phi) is 2.19. The largest absolute Gasteiger partial charge is 0.340 e. The second-order valence-electron chi connectivity index (χ2n) is 5.97. The van der Waals surface area contributed by atoms with E-state index < -0.39 is 0 Å². The average Bonchev–Trinajstić information content (AvgIpc) is 3.11. The molecule has 4 rings (SSSR count). The van der Waals surface area contributed by atoms with Gasteiger partial charge in [-0.05, 0) is 53.4 Å². The van der Waals surface area contributed by atoms with Crippen molar-refractivity contribution in [2.24, 2.45) is 23.7 Å². The van der Waals surface area contributed by atoms with Gasteiger partial charge in [-0.15, -0.1) is 5.10 Å². The predicted octanol–water partition coefficient (Wildman–Crippen LogP) is 0.178. The zero-order valence-corrected chi connectivity index (χ0v) is 10.3. The van der Waals surface area contributed by atoms with Crippen LogP contribution in [-0.2, 0) is 11.3 Å². The first-order valence-electron chi connectivity index (χ1n) is 6.80. The van der Waals surface area contributed by atoms with Crippen LogP contribution in [0.15, 0.2) is 6.33 Å². The highest BCUT2D eigenvalue weighted by Gasteiger charge is 2.52. The minimum atomic E-state index is 0.163. The standard InChI is InChI=1S/C12H17N5O/c18-12(6-17-7-13-14-15-17)16-4-10-8-1-2-9(3-8)11(10)5-16/h7-11H,1-6H2. The topological polar surface area (TPSA) is 63.9 Å². The summed E-state index contributed by atoms with van der Waals surface area (Å²) >= 11 is 0. The number of fused-ring (bicyclic) bond motifs is 5. The molecule has 3 aliphatic rings. The molecule has 0 aromatic carbocycles. The van der Waals surface area contributed by atoms with Crippen molar-refractivity contribution in [3.63, 3.8) is 0 Å². The number of nitrogens with zero attached hydrogens (tertiary/aromatic N) is 5. The molecule has 0 radical (unpaired) electrons. The number of tetrazole rings is 1. The van der Waals surface area contributed by atoms with Gasteiger partial charge in [0.1, 0.15) is 12.9 Å². The minimum Gasteiger partial charge on any atom is -0.340 e. The summed E-state index contributed by atoms with van der Waals surface area (Å²) in [6, 6.07) is 0. The highest BCUT2D eigenvalue weighted by Crippen LogP contribution is 2.55. The van der Waals surface area contributed by atoms with Crippen molar-refractivity contribution < 1.29 is 4.79 Å². The van der Waals surface area contributed by atoms with Crippen LogP contribution in [0, 0.1) is 23.7 Å². The van der Waals surface area contributed by atoms with Gasteiger partial charge in [0.25, 0.3) is 0 Å². The van der Waals surface area contributed by atoms with Gasteiger partial charge >= 0.3 is 0 Å². The second-order valence-corrected chi connectivity index (χ2v) is 5.97. The third-order valence-electron chi connectivity index (χ3n) is 5.18. The van der Waals surface area contributed by atoms with Gasteiger partial charge in [0.05, 0.1) is 0 Å². The van der Waals surface area contributed by atoms with Crippen LogP contribution in [-0.4, -0.2) is 44.1 Å². The van der Waals surface area contributed by atoms with Gasteiger partial charge in [0.2, 0.25) is 5.91 Å². The molecule has 1 aliphatic heterocycles. The van der Waals surface area contributed by atoms with Crippen LogP contribution in [0.25, 0.3) is 0 Å². The van der Waals surface area contributed by atoms with E-state index in [9.17, 15) is 4.79 Å². The molecule has 6 heteroatoms. The number of hydrogen-bond donors (Lipinski definition) is 0. The molecule has 1 amide bonds. The van der Waals surface area contributed by atoms with E-state index >= 15 is 0 Å². The molecule has 2 heterocycles. The van der Waals surface area contributed by atoms with Gasteiger partial charge in [-0.2, -0.15) is 0 Å². The van der Waals surface area contributed by atoms with E-state index in [4.69, 9.17) is 0 Å². The van der Waals surface area contributed by atoms with E-state index in [-0.39, 0.29) is 12.5 Å². The van der Waals surface area contributed by atoms with Crippen LogP contribution in [0.1, 0.15) is 19.3 Å². The summed E-state index contributed by atoms with van der Waals surface area (Å²) in [6.45, 7) is 2.21. The Morgan fingerprint density at radius 3 is 2.56 bits per heavy atom. The van der Waals surface area contributed by atoms with Crippen LogP contribution in [0.3, 0.4) is 0 Å². The number of rotatable bonds is 2. The first kappa shape index (κ1) is 10.5. The predicted molar refractivity (Wildman–Crippen MR) is 62.2 cm³/mol. The maximum absolute atomic E-state index is 12.2. The Balaban J connectivity index is 1.44. The third-order valence-corrected chi connectivity index (χ3v) is 5.18. The van der Waals surface area contributed by atoms with Crippen LogP contribution in [0.5, 0.6) is 0 Å². The third kappa shape index (κ3) is 1.47. The Morgan fingerprint density at radius 1 is 1.22 bits per heavy atom. The maximum Gasteiger partial charge on any atom is 0.244 e. The van der Waals surface area contributed by atoms with E-state index in [0.717, 1.165) is 36.8 Å². The molecule has 18 heavy (non-hydrogen) atoms. The quantitative estimate of drug-likeness (QED) is 0.747. The number of carbonyl (C=O) groups is 1. The molecule has 0 spiro atoms. The monoisotopic (exact) mass is 247 g/mol. The highest BCUT2D eigenvalue weighted by molar-refractivity contribution is 5.76. The fourth-order valence-corrected chi connectivity index (χ4v) is 4.38. The Bertz CT molecular complexity index is 441. The van der Waals surface area contributed by atoms with Crippen LogP contribution < -0.4 is 0 Å². The molecule has 6 nitrogen and oxygen atoms in total. The maximum atomic E-state index is 12.2. The molecule has 2 aliphatic carbocycles. The Morgan fingerprint density at radius 2 is 1.94 bits per heavy atom. The van der Waals surface area contributed by atoms with Crippen molar-refractivity contribution in [2.75, 3.05) is 13.1 Å². The summed E-state index contributed by atoms with van der Waals surface area (Å²) < 4.78 is 1.51. The molecule has 1 aromatic heterocycles. The molecule has 0 N–H and O–H groups in total. The van der Waals surface area contributed by atoms with E-state index in [2.05, 4.69) is 15.5 Å². The van der Waals surface area contributed by atoms with Crippen molar-refractivity contribution >= 4 is 5.91 Å². The van der Waals surface area contributed by atoms with Gasteiger partial charge in [-0.25, -0.2) is 4.68 Å². The summed E-state index contributed by atoms with van der Waals surface area (Å²) in [4.78, 5) is 14.2. The number of carbonyl (C=O) groups excluding carboxylic acids is 1. The van der Waals surface area contributed by atoms with Crippen LogP contribution in [0.2, 0.25) is 0 Å². The van der Waals surface area contributed by atoms with Crippen LogP contribution >= 0.6 is 0 Å². The normalized spacial score (nSPS) is 37.2.